The maximum atomic E-state index is 11.9. The zero-order chi connectivity index (χ0) is 10.2. The molecule has 1 atom stereocenters. The minimum absolute atomic E-state index is 0. The summed E-state index contributed by atoms with van der Waals surface area (Å²) in [6, 6.07) is 0.0731. The summed E-state index contributed by atoms with van der Waals surface area (Å²) in [6.45, 7) is 7.14. The lowest BCUT2D eigenvalue weighted by atomic mass is 10.0. The molecule has 0 aromatic carbocycles. The van der Waals surface area contributed by atoms with Gasteiger partial charge in [-0.1, -0.05) is 0 Å². The van der Waals surface area contributed by atoms with Crippen molar-refractivity contribution in [3.63, 3.8) is 0 Å². The number of halogens is 1. The fraction of sp³-hybridized carbons (Fsp3) is 0.900. The summed E-state index contributed by atoms with van der Waals surface area (Å²) in [4.78, 5) is 13.8. The summed E-state index contributed by atoms with van der Waals surface area (Å²) in [5.74, 6) is 0.243. The molecule has 2 aliphatic rings. The van der Waals surface area contributed by atoms with Gasteiger partial charge in [0.05, 0.1) is 18.2 Å². The summed E-state index contributed by atoms with van der Waals surface area (Å²) in [6.07, 6.45) is 0.983. The SMILES string of the molecule is CC1(C)CN(C(=O)[C@H]2CCN2)CCO1.Cl. The van der Waals surface area contributed by atoms with E-state index in [1.54, 1.807) is 0 Å². The van der Waals surface area contributed by atoms with Crippen LogP contribution in [-0.2, 0) is 9.53 Å². The number of carbonyl (C=O) groups is 1. The average molecular weight is 235 g/mol. The normalized spacial score (nSPS) is 28.9. The van der Waals surface area contributed by atoms with Crippen molar-refractivity contribution >= 4 is 18.3 Å². The number of ether oxygens (including phenoxy) is 1. The number of nitrogens with one attached hydrogen (secondary N) is 1. The summed E-state index contributed by atoms with van der Waals surface area (Å²) >= 11 is 0. The Morgan fingerprint density at radius 1 is 1.53 bits per heavy atom. The van der Waals surface area contributed by atoms with Gasteiger partial charge in [0.1, 0.15) is 0 Å². The molecule has 88 valence electrons. The first kappa shape index (κ1) is 12.7. The molecule has 0 bridgehead atoms. The van der Waals surface area contributed by atoms with Crippen LogP contribution in [0.15, 0.2) is 0 Å². The highest BCUT2D eigenvalue weighted by atomic mass is 35.5. The fourth-order valence-electron chi connectivity index (χ4n) is 1.92. The molecule has 0 unspecified atom stereocenters. The second-order valence-corrected chi connectivity index (χ2v) is 4.66. The van der Waals surface area contributed by atoms with E-state index >= 15 is 0 Å². The average Bonchev–Trinajstić information content (AvgIpc) is 1.99. The Kier molecular flexibility index (Phi) is 3.98. The van der Waals surface area contributed by atoms with Gasteiger partial charge in [-0.3, -0.25) is 4.79 Å². The number of hydrogen-bond acceptors (Lipinski definition) is 3. The molecule has 4 nitrogen and oxygen atoms in total. The number of hydrogen-bond donors (Lipinski definition) is 1. The van der Waals surface area contributed by atoms with Crippen LogP contribution in [-0.4, -0.2) is 48.7 Å². The van der Waals surface area contributed by atoms with Crippen LogP contribution in [0.5, 0.6) is 0 Å². The zero-order valence-corrected chi connectivity index (χ0v) is 10.1. The van der Waals surface area contributed by atoms with E-state index in [2.05, 4.69) is 5.32 Å². The van der Waals surface area contributed by atoms with E-state index in [-0.39, 0.29) is 30.0 Å². The molecule has 1 amide bonds. The van der Waals surface area contributed by atoms with Gasteiger partial charge in [-0.15, -0.1) is 12.4 Å². The van der Waals surface area contributed by atoms with Crippen LogP contribution in [0.3, 0.4) is 0 Å². The van der Waals surface area contributed by atoms with E-state index in [1.165, 1.54) is 0 Å². The molecule has 2 fully saturated rings. The minimum atomic E-state index is -0.183. The molecule has 2 saturated heterocycles. The van der Waals surface area contributed by atoms with Gasteiger partial charge in [0.2, 0.25) is 5.91 Å². The molecule has 2 aliphatic heterocycles. The van der Waals surface area contributed by atoms with Gasteiger partial charge in [0.25, 0.3) is 0 Å². The Morgan fingerprint density at radius 2 is 2.20 bits per heavy atom. The van der Waals surface area contributed by atoms with Crippen LogP contribution in [0, 0.1) is 0 Å². The lowest BCUT2D eigenvalue weighted by molar-refractivity contribution is -0.149. The third-order valence-corrected chi connectivity index (χ3v) is 2.86. The van der Waals surface area contributed by atoms with E-state index in [0.717, 1.165) is 19.5 Å². The highest BCUT2D eigenvalue weighted by Gasteiger charge is 2.34. The third kappa shape index (κ3) is 2.83. The predicted octanol–water partition coefficient (Wildman–Crippen LogP) is 0.408. The van der Waals surface area contributed by atoms with E-state index in [4.69, 9.17) is 4.74 Å². The van der Waals surface area contributed by atoms with E-state index < -0.39 is 0 Å². The maximum absolute atomic E-state index is 11.9. The molecule has 0 aliphatic carbocycles. The maximum Gasteiger partial charge on any atom is 0.239 e. The van der Waals surface area contributed by atoms with Crippen molar-refractivity contribution in [3.8, 4) is 0 Å². The Morgan fingerprint density at radius 3 is 2.67 bits per heavy atom. The monoisotopic (exact) mass is 234 g/mol. The Labute approximate surface area is 96.7 Å². The van der Waals surface area contributed by atoms with Gasteiger partial charge in [-0.05, 0) is 26.8 Å². The lowest BCUT2D eigenvalue weighted by Gasteiger charge is -2.41. The number of morpholine rings is 1. The molecular formula is C10H19ClN2O2. The molecule has 2 rings (SSSR count). The van der Waals surface area contributed by atoms with Crippen LogP contribution >= 0.6 is 12.4 Å². The summed E-state index contributed by atoms with van der Waals surface area (Å²) in [7, 11) is 0. The Hall–Kier alpha value is -0.320. The molecule has 15 heavy (non-hydrogen) atoms. The van der Waals surface area contributed by atoms with Crippen LogP contribution in [0.2, 0.25) is 0 Å². The number of carbonyl (C=O) groups excluding carboxylic acids is 1. The molecule has 0 aromatic rings. The van der Waals surface area contributed by atoms with Gasteiger partial charge in [0, 0.05) is 13.1 Å². The van der Waals surface area contributed by atoms with Crippen LogP contribution < -0.4 is 5.32 Å². The summed E-state index contributed by atoms with van der Waals surface area (Å²) in [5.41, 5.74) is -0.183. The molecular weight excluding hydrogens is 216 g/mol. The van der Waals surface area contributed by atoms with Crippen LogP contribution in [0.4, 0.5) is 0 Å². The van der Waals surface area contributed by atoms with Crippen molar-refractivity contribution in [3.05, 3.63) is 0 Å². The molecule has 1 N–H and O–H groups in total. The second kappa shape index (κ2) is 4.68. The molecule has 0 spiro atoms. The number of nitrogens with zero attached hydrogens (tertiary/aromatic N) is 1. The van der Waals surface area contributed by atoms with Crippen molar-refractivity contribution in [2.45, 2.75) is 31.9 Å². The van der Waals surface area contributed by atoms with Gasteiger partial charge >= 0.3 is 0 Å². The standard InChI is InChI=1S/C10H18N2O2.ClH/c1-10(2)7-12(5-6-14-10)9(13)8-3-4-11-8;/h8,11H,3-7H2,1-2H3;1H/t8-;/m1./s1. The van der Waals surface area contributed by atoms with Crippen molar-refractivity contribution in [2.75, 3.05) is 26.2 Å². The van der Waals surface area contributed by atoms with Crippen molar-refractivity contribution in [1.82, 2.24) is 10.2 Å². The van der Waals surface area contributed by atoms with Gasteiger partial charge < -0.3 is 15.0 Å². The highest BCUT2D eigenvalue weighted by Crippen LogP contribution is 2.18. The van der Waals surface area contributed by atoms with Crippen molar-refractivity contribution in [2.24, 2.45) is 0 Å². The highest BCUT2D eigenvalue weighted by molar-refractivity contribution is 5.85. The molecule has 5 heteroatoms. The smallest absolute Gasteiger partial charge is 0.239 e. The first-order valence-electron chi connectivity index (χ1n) is 5.25. The lowest BCUT2D eigenvalue weighted by Crippen LogP contribution is -2.59. The quantitative estimate of drug-likeness (QED) is 0.715. The first-order chi connectivity index (χ1) is 6.58. The van der Waals surface area contributed by atoms with Gasteiger partial charge in [-0.25, -0.2) is 0 Å². The predicted molar refractivity (Wildman–Crippen MR) is 60.3 cm³/mol. The van der Waals surface area contributed by atoms with E-state index in [1.807, 2.05) is 18.7 Å². The van der Waals surface area contributed by atoms with Gasteiger partial charge in [-0.2, -0.15) is 0 Å². The van der Waals surface area contributed by atoms with Crippen LogP contribution in [0.25, 0.3) is 0 Å². The largest absolute Gasteiger partial charge is 0.372 e. The van der Waals surface area contributed by atoms with Crippen LogP contribution in [0.1, 0.15) is 20.3 Å². The van der Waals surface area contributed by atoms with Crippen molar-refractivity contribution < 1.29 is 9.53 Å². The molecule has 0 radical (unpaired) electrons. The molecule has 0 saturated carbocycles. The zero-order valence-electron chi connectivity index (χ0n) is 9.28. The summed E-state index contributed by atoms with van der Waals surface area (Å²) < 4.78 is 5.56. The molecule has 2 heterocycles. The first-order valence-corrected chi connectivity index (χ1v) is 5.25. The number of amides is 1. The topological polar surface area (TPSA) is 41.6 Å². The third-order valence-electron chi connectivity index (χ3n) is 2.86. The minimum Gasteiger partial charge on any atom is -0.372 e. The Bertz CT molecular complexity index is 242. The number of rotatable bonds is 1. The fourth-order valence-corrected chi connectivity index (χ4v) is 1.92. The Balaban J connectivity index is 0.00000112. The van der Waals surface area contributed by atoms with E-state index in [0.29, 0.717) is 13.2 Å². The second-order valence-electron chi connectivity index (χ2n) is 4.66. The van der Waals surface area contributed by atoms with E-state index in [9.17, 15) is 4.79 Å². The van der Waals surface area contributed by atoms with Crippen molar-refractivity contribution in [1.29, 1.82) is 0 Å². The molecule has 0 aromatic heterocycles. The summed E-state index contributed by atoms with van der Waals surface area (Å²) in [5, 5.41) is 3.14. The van der Waals surface area contributed by atoms with Gasteiger partial charge in [0.15, 0.2) is 0 Å².